The van der Waals surface area contributed by atoms with Crippen molar-refractivity contribution in [1.29, 1.82) is 0 Å². The fourth-order valence-electron chi connectivity index (χ4n) is 4.72. The van der Waals surface area contributed by atoms with Gasteiger partial charge in [0.05, 0.1) is 6.04 Å². The number of hydrogen-bond acceptors (Lipinski definition) is 6. The summed E-state index contributed by atoms with van der Waals surface area (Å²) in [4.78, 5) is 65.9. The van der Waals surface area contributed by atoms with Crippen molar-refractivity contribution in [2.45, 2.75) is 70.1 Å². The lowest BCUT2D eigenvalue weighted by Crippen LogP contribution is -2.58. The summed E-state index contributed by atoms with van der Waals surface area (Å²) < 4.78 is 0. The van der Waals surface area contributed by atoms with Gasteiger partial charge in [0.1, 0.15) is 18.1 Å². The zero-order valence-corrected chi connectivity index (χ0v) is 24.2. The average Bonchev–Trinajstić information content (AvgIpc) is 3.37. The molecule has 0 saturated heterocycles. The van der Waals surface area contributed by atoms with E-state index in [2.05, 4.69) is 20.9 Å². The molecular formula is C31H39N5O7. The minimum Gasteiger partial charge on any atom is -0.481 e. The van der Waals surface area contributed by atoms with Gasteiger partial charge in [0.15, 0.2) is 0 Å². The van der Waals surface area contributed by atoms with Gasteiger partial charge in [-0.25, -0.2) is 4.79 Å². The first-order valence-corrected chi connectivity index (χ1v) is 14.1. The second kappa shape index (κ2) is 15.5. The molecule has 0 saturated carbocycles. The monoisotopic (exact) mass is 593 g/mol. The van der Waals surface area contributed by atoms with E-state index in [1.54, 1.807) is 36.5 Å². The van der Waals surface area contributed by atoms with Crippen LogP contribution in [0.5, 0.6) is 0 Å². The fourth-order valence-corrected chi connectivity index (χ4v) is 4.72. The number of carboxylic acids is 2. The SMILES string of the molecule is CC(C)CC(NC(=O)C(N)CCC(=O)O)C(=O)NC(Cc1ccccc1)C(=O)NC(Cc1c[nH]c2ccccc12)C(=O)O. The van der Waals surface area contributed by atoms with E-state index < -0.39 is 53.8 Å². The standard InChI is InChI=1S/C31H39N5O7/c1-18(2)14-24(34-28(39)22(32)12-13-27(37)38)29(40)35-25(15-19-8-4-3-5-9-19)30(41)36-26(31(42)43)16-20-17-33-23-11-7-6-10-21(20)23/h3-11,17-18,22,24-26,33H,12-16,32H2,1-2H3,(H,34,39)(H,35,40)(H,36,41)(H,37,38)(H,42,43). The first-order valence-electron chi connectivity index (χ1n) is 14.1. The predicted molar refractivity (Wildman–Crippen MR) is 160 cm³/mol. The molecule has 0 aliphatic heterocycles. The Morgan fingerprint density at radius 3 is 2.05 bits per heavy atom. The van der Waals surface area contributed by atoms with Crippen LogP contribution in [0.1, 0.15) is 44.2 Å². The molecule has 4 atom stereocenters. The molecule has 1 heterocycles. The summed E-state index contributed by atoms with van der Waals surface area (Å²) in [6, 6.07) is 11.7. The highest BCUT2D eigenvalue weighted by molar-refractivity contribution is 5.94. The van der Waals surface area contributed by atoms with Crippen LogP contribution in [0.4, 0.5) is 0 Å². The number of aromatic amines is 1. The summed E-state index contributed by atoms with van der Waals surface area (Å²) in [6.07, 6.45) is 1.59. The number of rotatable bonds is 16. The molecule has 4 unspecified atom stereocenters. The van der Waals surface area contributed by atoms with Crippen LogP contribution < -0.4 is 21.7 Å². The number of aliphatic carboxylic acids is 2. The van der Waals surface area contributed by atoms with E-state index in [-0.39, 0.29) is 38.0 Å². The lowest BCUT2D eigenvalue weighted by atomic mass is 10.00. The van der Waals surface area contributed by atoms with Crippen LogP contribution in [0.3, 0.4) is 0 Å². The molecule has 12 heteroatoms. The molecule has 0 aliphatic rings. The second-order valence-corrected chi connectivity index (χ2v) is 10.9. The van der Waals surface area contributed by atoms with Crippen LogP contribution in [-0.4, -0.2) is 69.0 Å². The molecule has 12 nitrogen and oxygen atoms in total. The number of fused-ring (bicyclic) bond motifs is 1. The van der Waals surface area contributed by atoms with Crippen LogP contribution in [0.2, 0.25) is 0 Å². The Labute approximate surface area is 249 Å². The molecule has 0 fully saturated rings. The minimum atomic E-state index is -1.28. The number of aromatic nitrogens is 1. The van der Waals surface area contributed by atoms with E-state index in [4.69, 9.17) is 10.8 Å². The van der Waals surface area contributed by atoms with Gasteiger partial charge in [0.25, 0.3) is 0 Å². The third kappa shape index (κ3) is 9.96. The van der Waals surface area contributed by atoms with Gasteiger partial charge in [-0.3, -0.25) is 19.2 Å². The van der Waals surface area contributed by atoms with Gasteiger partial charge >= 0.3 is 11.9 Å². The topological polar surface area (TPSA) is 204 Å². The molecule has 3 rings (SSSR count). The summed E-state index contributed by atoms with van der Waals surface area (Å²) in [7, 11) is 0. The first kappa shape index (κ1) is 32.8. The molecule has 2 aromatic carbocycles. The maximum atomic E-state index is 13.6. The van der Waals surface area contributed by atoms with Gasteiger partial charge in [-0.1, -0.05) is 62.4 Å². The van der Waals surface area contributed by atoms with Gasteiger partial charge in [-0.2, -0.15) is 0 Å². The smallest absolute Gasteiger partial charge is 0.326 e. The number of carbonyl (C=O) groups excluding carboxylic acids is 3. The van der Waals surface area contributed by atoms with Crippen molar-refractivity contribution in [3.05, 3.63) is 71.9 Å². The molecule has 1 aromatic heterocycles. The van der Waals surface area contributed by atoms with Crippen molar-refractivity contribution in [3.63, 3.8) is 0 Å². The lowest BCUT2D eigenvalue weighted by molar-refractivity contribution is -0.142. The zero-order valence-electron chi connectivity index (χ0n) is 24.2. The largest absolute Gasteiger partial charge is 0.481 e. The van der Waals surface area contributed by atoms with Crippen LogP contribution >= 0.6 is 0 Å². The van der Waals surface area contributed by atoms with E-state index in [9.17, 15) is 29.1 Å². The molecular weight excluding hydrogens is 554 g/mol. The Hall–Kier alpha value is -4.71. The van der Waals surface area contributed by atoms with Gasteiger partial charge in [-0.15, -0.1) is 0 Å². The van der Waals surface area contributed by atoms with Crippen LogP contribution in [0.15, 0.2) is 60.8 Å². The summed E-state index contributed by atoms with van der Waals surface area (Å²) >= 11 is 0. The lowest BCUT2D eigenvalue weighted by Gasteiger charge is -2.26. The Morgan fingerprint density at radius 1 is 0.791 bits per heavy atom. The Kier molecular flexibility index (Phi) is 11.8. The minimum absolute atomic E-state index is 0.0113. The third-order valence-electron chi connectivity index (χ3n) is 6.98. The third-order valence-corrected chi connectivity index (χ3v) is 6.98. The predicted octanol–water partition coefficient (Wildman–Crippen LogP) is 1.73. The number of para-hydroxylation sites is 1. The first-order chi connectivity index (χ1) is 20.4. The number of H-pyrrole nitrogens is 1. The second-order valence-electron chi connectivity index (χ2n) is 10.9. The molecule has 3 aromatic rings. The maximum Gasteiger partial charge on any atom is 0.326 e. The number of nitrogens with two attached hydrogens (primary N) is 1. The van der Waals surface area contributed by atoms with Crippen LogP contribution in [0.25, 0.3) is 10.9 Å². The van der Waals surface area contributed by atoms with Crippen molar-refractivity contribution in [2.24, 2.45) is 11.7 Å². The summed E-state index contributed by atoms with van der Waals surface area (Å²) in [6.45, 7) is 3.71. The van der Waals surface area contributed by atoms with E-state index in [1.165, 1.54) is 0 Å². The number of benzene rings is 2. The highest BCUT2D eigenvalue weighted by atomic mass is 16.4. The molecule has 0 radical (unpaired) electrons. The fraction of sp³-hybridized carbons (Fsp3) is 0.387. The van der Waals surface area contributed by atoms with Crippen molar-refractivity contribution < 1.29 is 34.2 Å². The molecule has 0 bridgehead atoms. The van der Waals surface area contributed by atoms with Crippen molar-refractivity contribution in [3.8, 4) is 0 Å². The molecule has 8 N–H and O–H groups in total. The highest BCUT2D eigenvalue weighted by Crippen LogP contribution is 2.19. The molecule has 230 valence electrons. The van der Waals surface area contributed by atoms with Crippen LogP contribution in [0, 0.1) is 5.92 Å². The Balaban J connectivity index is 1.79. The highest BCUT2D eigenvalue weighted by Gasteiger charge is 2.31. The van der Waals surface area contributed by atoms with E-state index >= 15 is 0 Å². The molecule has 3 amide bonds. The summed E-state index contributed by atoms with van der Waals surface area (Å²) in [5, 5.41) is 27.6. The van der Waals surface area contributed by atoms with Crippen molar-refractivity contribution in [2.75, 3.05) is 0 Å². The summed E-state index contributed by atoms with van der Waals surface area (Å²) in [5.74, 6) is -4.39. The Morgan fingerprint density at radius 2 is 1.40 bits per heavy atom. The zero-order chi connectivity index (χ0) is 31.5. The summed E-state index contributed by atoms with van der Waals surface area (Å²) in [5.41, 5.74) is 8.12. The van der Waals surface area contributed by atoms with Crippen LogP contribution in [-0.2, 0) is 36.8 Å². The van der Waals surface area contributed by atoms with E-state index in [0.29, 0.717) is 5.56 Å². The Bertz CT molecular complexity index is 1420. The number of nitrogens with one attached hydrogen (secondary N) is 4. The normalized spacial score (nSPS) is 14.0. The van der Waals surface area contributed by atoms with E-state index in [0.717, 1.165) is 16.5 Å². The van der Waals surface area contributed by atoms with Gasteiger partial charge in [0.2, 0.25) is 17.7 Å². The van der Waals surface area contributed by atoms with Gasteiger partial charge in [-0.05, 0) is 36.0 Å². The van der Waals surface area contributed by atoms with Gasteiger partial charge < -0.3 is 36.9 Å². The average molecular weight is 594 g/mol. The number of carboxylic acid groups (broad SMARTS) is 2. The number of amides is 3. The number of hydrogen-bond donors (Lipinski definition) is 7. The van der Waals surface area contributed by atoms with Crippen molar-refractivity contribution in [1.82, 2.24) is 20.9 Å². The molecule has 0 aliphatic carbocycles. The van der Waals surface area contributed by atoms with E-state index in [1.807, 2.05) is 38.1 Å². The maximum absolute atomic E-state index is 13.6. The van der Waals surface area contributed by atoms with Gasteiger partial charge in [0, 0.05) is 36.4 Å². The number of carbonyl (C=O) groups is 5. The molecule has 43 heavy (non-hydrogen) atoms. The van der Waals surface area contributed by atoms with Crippen molar-refractivity contribution >= 4 is 40.6 Å². The molecule has 0 spiro atoms. The quantitative estimate of drug-likeness (QED) is 0.130.